The number of hydrogen-bond donors (Lipinski definition) is 0. The lowest BCUT2D eigenvalue weighted by atomic mass is 9.88. The van der Waals surface area contributed by atoms with Crippen LogP contribution in [0.25, 0.3) is 0 Å². The average molecular weight is 722 g/mol. The van der Waals surface area contributed by atoms with Crippen LogP contribution in [0.4, 0.5) is 5.69 Å². The van der Waals surface area contributed by atoms with Gasteiger partial charge in [-0.3, -0.25) is 0 Å². The molecule has 2 heterocycles. The van der Waals surface area contributed by atoms with Gasteiger partial charge in [0.1, 0.15) is 0 Å². The third-order valence-electron chi connectivity index (χ3n) is 10.2. The van der Waals surface area contributed by atoms with Gasteiger partial charge in [-0.25, -0.2) is 8.42 Å². The Labute approximate surface area is 295 Å². The Morgan fingerprint density at radius 2 is 1.31 bits per heavy atom. The molecule has 268 valence electrons. The van der Waals surface area contributed by atoms with E-state index >= 15 is 0 Å². The number of sulfonamides is 1. The maximum absolute atomic E-state index is 14.4. The van der Waals surface area contributed by atoms with Crippen LogP contribution in [0, 0.1) is 23.7 Å². The normalized spacial score (nSPS) is 25.6. The van der Waals surface area contributed by atoms with Crippen molar-refractivity contribution in [3.8, 4) is 0 Å². The average Bonchev–Trinajstić information content (AvgIpc) is 3.03. The van der Waals surface area contributed by atoms with E-state index in [1.54, 1.807) is 25.0 Å². The summed E-state index contributed by atoms with van der Waals surface area (Å²) in [5, 5.41) is 0.663. The second-order valence-corrected chi connectivity index (χ2v) is 19.4. The van der Waals surface area contributed by atoms with Crippen molar-refractivity contribution >= 4 is 37.5 Å². The molecule has 48 heavy (non-hydrogen) atoms. The van der Waals surface area contributed by atoms with E-state index in [1.807, 2.05) is 56.3 Å². The molecule has 2 aliphatic heterocycles. The summed E-state index contributed by atoms with van der Waals surface area (Å²) in [5.41, 5.74) is 3.01. The maximum Gasteiger partial charge on any atom is 0.282 e. The van der Waals surface area contributed by atoms with Crippen LogP contribution in [-0.2, 0) is 33.2 Å². The Morgan fingerprint density at radius 3 is 1.92 bits per heavy atom. The predicted molar refractivity (Wildman–Crippen MR) is 196 cm³/mol. The molecule has 0 unspecified atom stereocenters. The highest BCUT2D eigenvalue weighted by Gasteiger charge is 2.37. The van der Waals surface area contributed by atoms with Crippen LogP contribution in [-0.4, -0.2) is 101 Å². The van der Waals surface area contributed by atoms with Crippen LogP contribution in [0.2, 0.25) is 5.02 Å². The first-order chi connectivity index (χ1) is 22.7. The van der Waals surface area contributed by atoms with Crippen LogP contribution in [0.1, 0.15) is 64.0 Å². The summed E-state index contributed by atoms with van der Waals surface area (Å²) in [5.74, 6) is 0.643. The Balaban J connectivity index is 1.44. The Hall–Kier alpha value is -1.73. The van der Waals surface area contributed by atoms with Gasteiger partial charge in [0.05, 0.1) is 4.90 Å². The molecule has 0 amide bonds. The third-order valence-corrected chi connectivity index (χ3v) is 14.2. The molecular weight excluding hydrogens is 666 g/mol. The van der Waals surface area contributed by atoms with Gasteiger partial charge in [-0.05, 0) is 90.5 Å². The van der Waals surface area contributed by atoms with E-state index < -0.39 is 20.2 Å². The summed E-state index contributed by atoms with van der Waals surface area (Å²) >= 11 is 6.24. The van der Waals surface area contributed by atoms with Crippen molar-refractivity contribution in [2.24, 2.45) is 23.7 Å². The van der Waals surface area contributed by atoms with Gasteiger partial charge < -0.3 is 9.80 Å². The smallest absolute Gasteiger partial charge is 0.282 e. The highest BCUT2D eigenvalue weighted by atomic mass is 35.5. The number of fused-ring (bicyclic) bond motifs is 1. The monoisotopic (exact) mass is 721 g/mol. The van der Waals surface area contributed by atoms with Crippen LogP contribution in [0.3, 0.4) is 0 Å². The van der Waals surface area contributed by atoms with Crippen LogP contribution >= 0.6 is 11.6 Å². The van der Waals surface area contributed by atoms with Gasteiger partial charge in [-0.15, -0.1) is 0 Å². The molecule has 2 aromatic carbocycles. The first-order valence-electron chi connectivity index (χ1n) is 17.7. The molecule has 0 N–H and O–H groups in total. The van der Waals surface area contributed by atoms with Crippen LogP contribution < -0.4 is 4.90 Å². The second kappa shape index (κ2) is 16.1. The summed E-state index contributed by atoms with van der Waals surface area (Å²) in [7, 11) is -3.78. The molecule has 1 saturated heterocycles. The minimum Gasteiger partial charge on any atom is -0.378 e. The molecule has 0 spiro atoms. The summed E-state index contributed by atoms with van der Waals surface area (Å²) in [6.07, 6.45) is 6.88. The molecule has 12 heteroatoms. The van der Waals surface area contributed by atoms with Crippen LogP contribution in [0.15, 0.2) is 47.4 Å². The van der Waals surface area contributed by atoms with Crippen molar-refractivity contribution in [3.63, 3.8) is 0 Å². The molecule has 1 saturated carbocycles. The van der Waals surface area contributed by atoms with Gasteiger partial charge in [0.15, 0.2) is 0 Å². The van der Waals surface area contributed by atoms with Gasteiger partial charge in [-0.1, -0.05) is 57.7 Å². The van der Waals surface area contributed by atoms with Crippen molar-refractivity contribution in [2.45, 2.75) is 70.7 Å². The highest BCUT2D eigenvalue weighted by Crippen LogP contribution is 2.29. The molecule has 0 aromatic heterocycles. The van der Waals surface area contributed by atoms with Crippen molar-refractivity contribution in [3.05, 3.63) is 58.6 Å². The van der Waals surface area contributed by atoms with E-state index in [4.69, 9.17) is 11.6 Å². The Morgan fingerprint density at radius 1 is 0.729 bits per heavy atom. The first kappa shape index (κ1) is 37.5. The zero-order valence-corrected chi connectivity index (χ0v) is 31.9. The summed E-state index contributed by atoms with van der Waals surface area (Å²) in [4.78, 5) is 4.71. The minimum absolute atomic E-state index is 0.116. The summed E-state index contributed by atoms with van der Waals surface area (Å²) in [6.45, 7) is 10.8. The molecule has 3 aliphatic rings. The largest absolute Gasteiger partial charge is 0.378 e. The van der Waals surface area contributed by atoms with Crippen molar-refractivity contribution in [2.75, 3.05) is 71.4 Å². The summed E-state index contributed by atoms with van der Waals surface area (Å²) < 4.78 is 62.2. The molecule has 5 rings (SSSR count). The van der Waals surface area contributed by atoms with Gasteiger partial charge in [0, 0.05) is 83.7 Å². The standard InChI is InChI=1S/C36H56ClN5O4S2/c1-28-20-39(26-31-9-7-6-8-10-31)21-29(2)24-42(48(45,46)40-18-17-32-19-34(37)12-11-33(32)27-40)25-30(3)23-41(22-28)47(43,44)36-15-13-35(14-16-36)38(4)5/h11-16,19,28-31H,6-10,17-18,20-27H2,1-5H3/t28-,29+,30+/m1/s1. The Kier molecular flexibility index (Phi) is 12.6. The molecule has 1 aliphatic carbocycles. The lowest BCUT2D eigenvalue weighted by Crippen LogP contribution is -2.51. The Bertz CT molecular complexity index is 1580. The number of rotatable bonds is 7. The molecule has 0 bridgehead atoms. The van der Waals surface area contributed by atoms with E-state index in [0.717, 1.165) is 36.4 Å². The second-order valence-electron chi connectivity index (χ2n) is 15.1. The van der Waals surface area contributed by atoms with Crippen molar-refractivity contribution < 1.29 is 16.8 Å². The quantitative estimate of drug-likeness (QED) is 0.359. The van der Waals surface area contributed by atoms with Gasteiger partial charge in [0.25, 0.3) is 10.2 Å². The highest BCUT2D eigenvalue weighted by molar-refractivity contribution is 7.89. The maximum atomic E-state index is 14.4. The fourth-order valence-corrected chi connectivity index (χ4v) is 11.6. The van der Waals surface area contributed by atoms with Crippen molar-refractivity contribution in [1.82, 2.24) is 17.8 Å². The third kappa shape index (κ3) is 9.33. The fourth-order valence-electron chi connectivity index (χ4n) is 7.86. The molecule has 3 atom stereocenters. The molecular formula is C36H56ClN5O4S2. The predicted octanol–water partition coefficient (Wildman–Crippen LogP) is 5.81. The SMILES string of the molecule is C[C@@H]1CN(CC2CCCCC2)C[C@H](C)CN(S(=O)(=O)N2CCc3cc(Cl)ccc3C2)C[C@@H](C)CN(S(=O)(=O)c2ccc(N(C)C)cc2)C1. The van der Waals surface area contributed by atoms with Gasteiger partial charge in [0.2, 0.25) is 10.0 Å². The van der Waals surface area contributed by atoms with Crippen LogP contribution in [0.5, 0.6) is 0 Å². The van der Waals surface area contributed by atoms with E-state index in [9.17, 15) is 16.8 Å². The lowest BCUT2D eigenvalue weighted by Gasteiger charge is -2.39. The van der Waals surface area contributed by atoms with Gasteiger partial charge in [-0.2, -0.15) is 21.3 Å². The molecule has 2 fully saturated rings. The minimum atomic E-state index is -3.82. The van der Waals surface area contributed by atoms with E-state index in [2.05, 4.69) is 18.7 Å². The fraction of sp³-hybridized carbons (Fsp3) is 0.667. The number of halogens is 1. The van der Waals surface area contributed by atoms with E-state index in [1.165, 1.54) is 32.1 Å². The van der Waals surface area contributed by atoms with Crippen molar-refractivity contribution in [1.29, 1.82) is 0 Å². The number of benzene rings is 2. The van der Waals surface area contributed by atoms with Gasteiger partial charge >= 0.3 is 0 Å². The number of nitrogens with zero attached hydrogens (tertiary/aromatic N) is 5. The zero-order valence-electron chi connectivity index (χ0n) is 29.5. The molecule has 2 aromatic rings. The topological polar surface area (TPSA) is 84.5 Å². The molecule has 0 radical (unpaired) electrons. The molecule has 9 nitrogen and oxygen atoms in total. The number of anilines is 1. The first-order valence-corrected chi connectivity index (χ1v) is 21.0. The van der Waals surface area contributed by atoms with E-state index in [-0.39, 0.29) is 35.7 Å². The number of hydrogen-bond acceptors (Lipinski definition) is 6. The zero-order chi connectivity index (χ0) is 34.6. The summed E-state index contributed by atoms with van der Waals surface area (Å²) in [6, 6.07) is 12.7. The lowest BCUT2D eigenvalue weighted by molar-refractivity contribution is 0.135. The van der Waals surface area contributed by atoms with E-state index in [0.29, 0.717) is 43.5 Å².